The molecule has 0 spiro atoms. The normalized spacial score (nSPS) is 23.9. The first-order valence-corrected chi connectivity index (χ1v) is 7.76. The van der Waals surface area contributed by atoms with Crippen LogP contribution in [0.4, 0.5) is 0 Å². The van der Waals surface area contributed by atoms with Crippen LogP contribution in [0.1, 0.15) is 29.8 Å². The Morgan fingerprint density at radius 2 is 2.00 bits per heavy atom. The SMILES string of the molecule is CC(C)[C@@H]1S[C@@H](C(=O)O)Cc2cc3c(cc2C1=O)OCO3. The fourth-order valence-electron chi connectivity index (χ4n) is 2.63. The number of carboxylic acid groups (broad SMARTS) is 1. The maximum Gasteiger partial charge on any atom is 0.316 e. The minimum Gasteiger partial charge on any atom is -0.480 e. The Morgan fingerprint density at radius 1 is 1.33 bits per heavy atom. The van der Waals surface area contributed by atoms with E-state index in [1.807, 2.05) is 13.8 Å². The van der Waals surface area contributed by atoms with Crippen LogP contribution in [0, 0.1) is 5.92 Å². The van der Waals surface area contributed by atoms with E-state index in [1.165, 1.54) is 11.8 Å². The zero-order valence-corrected chi connectivity index (χ0v) is 12.6. The van der Waals surface area contributed by atoms with Gasteiger partial charge in [0.2, 0.25) is 6.79 Å². The molecule has 2 atom stereocenters. The first-order chi connectivity index (χ1) is 9.97. The molecule has 0 saturated carbocycles. The van der Waals surface area contributed by atoms with Gasteiger partial charge in [-0.05, 0) is 30.0 Å². The topological polar surface area (TPSA) is 72.8 Å². The number of hydrogen-bond donors (Lipinski definition) is 1. The number of carbonyl (C=O) groups is 2. The predicted octanol–water partition coefficient (Wildman–Crippen LogP) is 2.37. The average Bonchev–Trinajstić information content (AvgIpc) is 2.82. The summed E-state index contributed by atoms with van der Waals surface area (Å²) < 4.78 is 10.6. The molecule has 0 radical (unpaired) electrons. The molecule has 0 aromatic heterocycles. The van der Waals surface area contributed by atoms with Gasteiger partial charge in [-0.3, -0.25) is 9.59 Å². The van der Waals surface area contributed by atoms with Crippen molar-refractivity contribution in [3.63, 3.8) is 0 Å². The van der Waals surface area contributed by atoms with E-state index in [-0.39, 0.29) is 23.7 Å². The fourth-order valence-corrected chi connectivity index (χ4v) is 3.94. The molecule has 6 heteroatoms. The molecule has 1 aromatic carbocycles. The number of benzene rings is 1. The highest BCUT2D eigenvalue weighted by molar-refractivity contribution is 8.02. The highest BCUT2D eigenvalue weighted by Crippen LogP contribution is 2.40. The number of ketones is 1. The van der Waals surface area contributed by atoms with E-state index in [0.29, 0.717) is 23.5 Å². The molecule has 0 saturated heterocycles. The molecule has 0 aliphatic carbocycles. The third-order valence-corrected chi connectivity index (χ3v) is 5.47. The lowest BCUT2D eigenvalue weighted by Crippen LogP contribution is -2.27. The van der Waals surface area contributed by atoms with Crippen molar-refractivity contribution < 1.29 is 24.2 Å². The van der Waals surface area contributed by atoms with Crippen LogP contribution in [-0.2, 0) is 11.2 Å². The Hall–Kier alpha value is -1.69. The van der Waals surface area contributed by atoms with Gasteiger partial charge in [0.05, 0.1) is 5.25 Å². The smallest absolute Gasteiger partial charge is 0.316 e. The van der Waals surface area contributed by atoms with E-state index in [2.05, 4.69) is 0 Å². The molecule has 2 aliphatic heterocycles. The van der Waals surface area contributed by atoms with Crippen molar-refractivity contribution in [2.75, 3.05) is 6.79 Å². The average molecular weight is 308 g/mol. The first-order valence-electron chi connectivity index (χ1n) is 6.82. The van der Waals surface area contributed by atoms with Crippen LogP contribution in [0.2, 0.25) is 0 Å². The number of rotatable bonds is 2. The largest absolute Gasteiger partial charge is 0.480 e. The van der Waals surface area contributed by atoms with Gasteiger partial charge in [-0.1, -0.05) is 13.8 Å². The Bertz CT molecular complexity index is 610. The monoisotopic (exact) mass is 308 g/mol. The van der Waals surface area contributed by atoms with E-state index in [0.717, 1.165) is 5.56 Å². The van der Waals surface area contributed by atoms with Gasteiger partial charge in [-0.15, -0.1) is 11.8 Å². The van der Waals surface area contributed by atoms with Gasteiger partial charge in [-0.25, -0.2) is 0 Å². The maximum absolute atomic E-state index is 12.7. The van der Waals surface area contributed by atoms with Crippen LogP contribution in [-0.4, -0.2) is 34.2 Å². The Kier molecular flexibility index (Phi) is 3.57. The highest BCUT2D eigenvalue weighted by Gasteiger charge is 2.37. The Morgan fingerprint density at radius 3 is 2.62 bits per heavy atom. The first kappa shape index (κ1) is 14.3. The quantitative estimate of drug-likeness (QED) is 0.904. The third-order valence-electron chi connectivity index (χ3n) is 3.72. The van der Waals surface area contributed by atoms with E-state index >= 15 is 0 Å². The van der Waals surface area contributed by atoms with Gasteiger partial charge in [0.1, 0.15) is 5.25 Å². The number of aliphatic carboxylic acids is 1. The summed E-state index contributed by atoms with van der Waals surface area (Å²) in [6.45, 7) is 4.01. The number of hydrogen-bond acceptors (Lipinski definition) is 5. The van der Waals surface area contributed by atoms with Crippen LogP contribution in [0.3, 0.4) is 0 Å². The van der Waals surface area contributed by atoms with Gasteiger partial charge in [0.15, 0.2) is 17.3 Å². The predicted molar refractivity (Wildman–Crippen MR) is 78.2 cm³/mol. The number of ether oxygens (including phenoxy) is 2. The van der Waals surface area contributed by atoms with E-state index in [1.54, 1.807) is 12.1 Å². The maximum atomic E-state index is 12.7. The number of fused-ring (bicyclic) bond motifs is 2. The molecule has 112 valence electrons. The summed E-state index contributed by atoms with van der Waals surface area (Å²) >= 11 is 1.24. The number of Topliss-reactive ketones (excluding diaryl/α,β-unsaturated/α-hetero) is 1. The van der Waals surface area contributed by atoms with Crippen LogP contribution in [0.15, 0.2) is 12.1 Å². The zero-order valence-electron chi connectivity index (χ0n) is 11.8. The third kappa shape index (κ3) is 2.48. The molecule has 1 N–H and O–H groups in total. The second-order valence-electron chi connectivity index (χ2n) is 5.56. The van der Waals surface area contributed by atoms with Gasteiger partial charge in [-0.2, -0.15) is 0 Å². The van der Waals surface area contributed by atoms with Gasteiger partial charge in [0, 0.05) is 5.56 Å². The molecule has 21 heavy (non-hydrogen) atoms. The lowest BCUT2D eigenvalue weighted by Gasteiger charge is -2.19. The molecule has 0 unspecified atom stereocenters. The van der Waals surface area contributed by atoms with Gasteiger partial charge < -0.3 is 14.6 Å². The Balaban J connectivity index is 2.09. The highest BCUT2D eigenvalue weighted by atomic mass is 32.2. The standard InChI is InChI=1S/C15H16O5S/c1-7(2)14-13(16)9-5-11-10(19-6-20-11)3-8(9)4-12(21-14)15(17)18/h3,5,7,12,14H,4,6H2,1-2H3,(H,17,18)/t12-,14+/m1/s1. The summed E-state index contributed by atoms with van der Waals surface area (Å²) in [4.78, 5) is 24.2. The Labute approximate surface area is 126 Å². The van der Waals surface area contributed by atoms with Crippen molar-refractivity contribution in [3.05, 3.63) is 23.3 Å². The summed E-state index contributed by atoms with van der Waals surface area (Å²) in [7, 11) is 0. The second kappa shape index (κ2) is 5.26. The van der Waals surface area contributed by atoms with Crippen molar-refractivity contribution in [1.82, 2.24) is 0 Å². The summed E-state index contributed by atoms with van der Waals surface area (Å²) in [5.41, 5.74) is 1.29. The molecule has 2 aliphatic rings. The van der Waals surface area contributed by atoms with E-state index in [4.69, 9.17) is 9.47 Å². The lowest BCUT2D eigenvalue weighted by atomic mass is 9.94. The minimum absolute atomic E-state index is 0.0212. The molecule has 1 aromatic rings. The summed E-state index contributed by atoms with van der Waals surface area (Å²) in [6.07, 6.45) is 0.320. The van der Waals surface area contributed by atoms with Crippen LogP contribution < -0.4 is 9.47 Å². The fraction of sp³-hybridized carbons (Fsp3) is 0.467. The molecule has 0 amide bonds. The molecule has 3 rings (SSSR count). The van der Waals surface area contributed by atoms with Gasteiger partial charge in [0.25, 0.3) is 0 Å². The van der Waals surface area contributed by atoms with Gasteiger partial charge >= 0.3 is 5.97 Å². The minimum atomic E-state index is -0.885. The van der Waals surface area contributed by atoms with Crippen molar-refractivity contribution >= 4 is 23.5 Å². The molecule has 0 bridgehead atoms. The molecule has 0 fully saturated rings. The van der Waals surface area contributed by atoms with Crippen molar-refractivity contribution in [3.8, 4) is 11.5 Å². The van der Waals surface area contributed by atoms with Crippen molar-refractivity contribution in [1.29, 1.82) is 0 Å². The lowest BCUT2D eigenvalue weighted by molar-refractivity contribution is -0.136. The van der Waals surface area contributed by atoms with Crippen molar-refractivity contribution in [2.24, 2.45) is 5.92 Å². The number of carbonyl (C=O) groups excluding carboxylic acids is 1. The molecule has 2 heterocycles. The summed E-state index contributed by atoms with van der Waals surface area (Å²) in [6, 6.07) is 3.44. The summed E-state index contributed by atoms with van der Waals surface area (Å²) in [5.74, 6) is 0.304. The second-order valence-corrected chi connectivity index (χ2v) is 6.91. The van der Waals surface area contributed by atoms with E-state index < -0.39 is 11.2 Å². The summed E-state index contributed by atoms with van der Waals surface area (Å²) in [5, 5.41) is 8.40. The van der Waals surface area contributed by atoms with E-state index in [9.17, 15) is 14.7 Å². The molecule has 5 nitrogen and oxygen atoms in total. The van der Waals surface area contributed by atoms with Crippen LogP contribution in [0.25, 0.3) is 0 Å². The molecular weight excluding hydrogens is 292 g/mol. The van der Waals surface area contributed by atoms with Crippen LogP contribution >= 0.6 is 11.8 Å². The number of thioether (sulfide) groups is 1. The van der Waals surface area contributed by atoms with Crippen molar-refractivity contribution in [2.45, 2.75) is 30.8 Å². The zero-order chi connectivity index (χ0) is 15.1. The molecular formula is C15H16O5S. The van der Waals surface area contributed by atoms with Crippen LogP contribution in [0.5, 0.6) is 11.5 Å². The number of carboxylic acids is 1.